The summed E-state index contributed by atoms with van der Waals surface area (Å²) in [6, 6.07) is 9.14. The van der Waals surface area contributed by atoms with E-state index in [1.165, 1.54) is 4.88 Å². The SMILES string of the molecule is O=C(Cn1nnc2sc3c(c2c1=O)CCCC3)Nc1ccccc1. The molecule has 1 N–H and O–H groups in total. The monoisotopic (exact) mass is 340 g/mol. The van der Waals surface area contributed by atoms with E-state index in [0.717, 1.165) is 35.9 Å². The van der Waals surface area contributed by atoms with Crippen LogP contribution in [0.5, 0.6) is 0 Å². The van der Waals surface area contributed by atoms with Gasteiger partial charge in [-0.2, -0.15) is 0 Å². The second-order valence-electron chi connectivity index (χ2n) is 5.86. The van der Waals surface area contributed by atoms with Crippen LogP contribution < -0.4 is 10.9 Å². The van der Waals surface area contributed by atoms with Gasteiger partial charge in [0.05, 0.1) is 5.39 Å². The van der Waals surface area contributed by atoms with Crippen molar-refractivity contribution in [3.05, 3.63) is 51.1 Å². The molecule has 4 rings (SSSR count). The van der Waals surface area contributed by atoms with Gasteiger partial charge in [-0.25, -0.2) is 4.68 Å². The molecule has 1 aliphatic carbocycles. The molecule has 0 unspecified atom stereocenters. The van der Waals surface area contributed by atoms with Crippen molar-refractivity contribution in [3.63, 3.8) is 0 Å². The highest BCUT2D eigenvalue weighted by atomic mass is 32.1. The molecule has 2 heterocycles. The van der Waals surface area contributed by atoms with Crippen molar-refractivity contribution >= 4 is 33.1 Å². The van der Waals surface area contributed by atoms with E-state index in [9.17, 15) is 9.59 Å². The molecule has 0 bridgehead atoms. The molecule has 0 saturated heterocycles. The van der Waals surface area contributed by atoms with Crippen molar-refractivity contribution in [2.75, 3.05) is 5.32 Å². The van der Waals surface area contributed by atoms with Crippen LogP contribution in [0, 0.1) is 0 Å². The molecule has 0 spiro atoms. The third-order valence-corrected chi connectivity index (χ3v) is 5.37. The standard InChI is InChI=1S/C17H16N4O2S/c22-14(18-11-6-2-1-3-7-11)10-21-17(23)15-12-8-4-5-9-13(12)24-16(15)19-20-21/h1-3,6-7H,4-5,8-10H2,(H,18,22). The van der Waals surface area contributed by atoms with E-state index >= 15 is 0 Å². The lowest BCUT2D eigenvalue weighted by atomic mass is 9.97. The number of benzene rings is 1. The van der Waals surface area contributed by atoms with Crippen LogP contribution in [0.3, 0.4) is 0 Å². The number of thiophene rings is 1. The van der Waals surface area contributed by atoms with Gasteiger partial charge in [-0.15, -0.1) is 16.4 Å². The van der Waals surface area contributed by atoms with Gasteiger partial charge in [0.2, 0.25) is 5.91 Å². The van der Waals surface area contributed by atoms with Crippen molar-refractivity contribution in [1.29, 1.82) is 0 Å². The Hall–Kier alpha value is -2.54. The van der Waals surface area contributed by atoms with Crippen molar-refractivity contribution in [1.82, 2.24) is 15.0 Å². The van der Waals surface area contributed by atoms with E-state index in [1.807, 2.05) is 18.2 Å². The maximum atomic E-state index is 12.7. The van der Waals surface area contributed by atoms with Crippen LogP contribution in [0.25, 0.3) is 10.2 Å². The first kappa shape index (κ1) is 15.0. The fourth-order valence-corrected chi connectivity index (χ4v) is 4.27. The van der Waals surface area contributed by atoms with Crippen molar-refractivity contribution in [3.8, 4) is 0 Å². The molecule has 1 aromatic carbocycles. The Morgan fingerprint density at radius 2 is 2.00 bits per heavy atom. The largest absolute Gasteiger partial charge is 0.324 e. The number of hydrogen-bond acceptors (Lipinski definition) is 5. The van der Waals surface area contributed by atoms with Crippen LogP contribution in [0.15, 0.2) is 35.1 Å². The average Bonchev–Trinajstić information content (AvgIpc) is 2.97. The predicted molar refractivity (Wildman–Crippen MR) is 93.4 cm³/mol. The van der Waals surface area contributed by atoms with Crippen LogP contribution in [0.4, 0.5) is 5.69 Å². The van der Waals surface area contributed by atoms with Gasteiger partial charge in [0.25, 0.3) is 5.56 Å². The van der Waals surface area contributed by atoms with Crippen LogP contribution >= 0.6 is 11.3 Å². The second-order valence-corrected chi connectivity index (χ2v) is 6.94. The van der Waals surface area contributed by atoms with E-state index in [0.29, 0.717) is 15.9 Å². The quantitative estimate of drug-likeness (QED) is 0.794. The second kappa shape index (κ2) is 6.16. The Kier molecular flexibility index (Phi) is 3.86. The predicted octanol–water partition coefficient (Wildman–Crippen LogP) is 2.37. The minimum atomic E-state index is -0.291. The number of carbonyl (C=O) groups excluding carboxylic acids is 1. The zero-order valence-electron chi connectivity index (χ0n) is 13.0. The molecule has 7 heteroatoms. The van der Waals surface area contributed by atoms with Gasteiger partial charge in [-0.3, -0.25) is 9.59 Å². The summed E-state index contributed by atoms with van der Waals surface area (Å²) in [7, 11) is 0. The number of nitrogens with one attached hydrogen (secondary N) is 1. The average molecular weight is 340 g/mol. The number of amides is 1. The number of nitrogens with zero attached hydrogens (tertiary/aromatic N) is 3. The lowest BCUT2D eigenvalue weighted by molar-refractivity contribution is -0.117. The first-order valence-electron chi connectivity index (χ1n) is 7.95. The van der Waals surface area contributed by atoms with Gasteiger partial charge in [0.1, 0.15) is 6.54 Å². The van der Waals surface area contributed by atoms with Gasteiger partial charge < -0.3 is 5.32 Å². The number of aryl methyl sites for hydroxylation is 2. The summed E-state index contributed by atoms with van der Waals surface area (Å²) in [6.07, 6.45) is 4.16. The Labute approximate surface area is 142 Å². The number of rotatable bonds is 3. The summed E-state index contributed by atoms with van der Waals surface area (Å²) in [4.78, 5) is 26.8. The number of carbonyl (C=O) groups is 1. The van der Waals surface area contributed by atoms with Gasteiger partial charge in [0.15, 0.2) is 4.83 Å². The van der Waals surface area contributed by atoms with E-state index in [-0.39, 0.29) is 18.0 Å². The van der Waals surface area contributed by atoms with Crippen LogP contribution in [-0.4, -0.2) is 20.9 Å². The highest BCUT2D eigenvalue weighted by Crippen LogP contribution is 2.33. The molecule has 24 heavy (non-hydrogen) atoms. The Morgan fingerprint density at radius 3 is 2.83 bits per heavy atom. The van der Waals surface area contributed by atoms with E-state index in [1.54, 1.807) is 23.5 Å². The minimum Gasteiger partial charge on any atom is -0.324 e. The number of anilines is 1. The molecule has 0 radical (unpaired) electrons. The van der Waals surface area contributed by atoms with Crippen LogP contribution in [0.1, 0.15) is 23.3 Å². The van der Waals surface area contributed by atoms with Crippen molar-refractivity contribution in [2.24, 2.45) is 0 Å². The van der Waals surface area contributed by atoms with E-state index in [2.05, 4.69) is 15.6 Å². The topological polar surface area (TPSA) is 76.9 Å². The van der Waals surface area contributed by atoms with E-state index < -0.39 is 0 Å². The third kappa shape index (κ3) is 2.71. The number of para-hydroxylation sites is 1. The molecule has 0 atom stereocenters. The fraction of sp³-hybridized carbons (Fsp3) is 0.294. The summed E-state index contributed by atoms with van der Waals surface area (Å²) in [5, 5.41) is 11.5. The lowest BCUT2D eigenvalue weighted by Crippen LogP contribution is -2.30. The van der Waals surface area contributed by atoms with Gasteiger partial charge >= 0.3 is 0 Å². The highest BCUT2D eigenvalue weighted by Gasteiger charge is 2.21. The fourth-order valence-electron chi connectivity index (χ4n) is 3.07. The molecule has 6 nitrogen and oxygen atoms in total. The van der Waals surface area contributed by atoms with Crippen molar-refractivity contribution in [2.45, 2.75) is 32.2 Å². The smallest absolute Gasteiger partial charge is 0.279 e. The number of fused-ring (bicyclic) bond motifs is 3. The zero-order valence-corrected chi connectivity index (χ0v) is 13.8. The molecular formula is C17H16N4O2S. The minimum absolute atomic E-state index is 0.138. The molecule has 122 valence electrons. The molecular weight excluding hydrogens is 324 g/mol. The molecule has 0 aliphatic heterocycles. The molecule has 3 aromatic rings. The Morgan fingerprint density at radius 1 is 1.21 bits per heavy atom. The Bertz CT molecular complexity index is 962. The number of aromatic nitrogens is 3. The molecule has 0 fully saturated rings. The first-order valence-corrected chi connectivity index (χ1v) is 8.77. The lowest BCUT2D eigenvalue weighted by Gasteiger charge is -2.10. The summed E-state index contributed by atoms with van der Waals surface area (Å²) < 4.78 is 1.15. The number of hydrogen-bond donors (Lipinski definition) is 1. The maximum absolute atomic E-state index is 12.7. The maximum Gasteiger partial charge on any atom is 0.279 e. The molecule has 1 amide bonds. The summed E-state index contributed by atoms with van der Waals surface area (Å²) in [5.41, 5.74) is 1.58. The van der Waals surface area contributed by atoms with E-state index in [4.69, 9.17) is 0 Å². The van der Waals surface area contributed by atoms with Gasteiger partial charge in [0, 0.05) is 10.6 Å². The summed E-state index contributed by atoms with van der Waals surface area (Å²) in [5.74, 6) is -0.291. The zero-order chi connectivity index (χ0) is 16.5. The normalized spacial score (nSPS) is 13.7. The summed E-state index contributed by atoms with van der Waals surface area (Å²) in [6.45, 7) is -0.138. The van der Waals surface area contributed by atoms with Crippen molar-refractivity contribution < 1.29 is 4.79 Å². The van der Waals surface area contributed by atoms with Crippen LogP contribution in [-0.2, 0) is 24.2 Å². The Balaban J connectivity index is 1.64. The third-order valence-electron chi connectivity index (χ3n) is 4.20. The first-order chi connectivity index (χ1) is 11.7. The highest BCUT2D eigenvalue weighted by molar-refractivity contribution is 7.18. The van der Waals surface area contributed by atoms with Gasteiger partial charge in [-0.1, -0.05) is 23.4 Å². The molecule has 2 aromatic heterocycles. The van der Waals surface area contributed by atoms with Crippen LogP contribution in [0.2, 0.25) is 0 Å². The van der Waals surface area contributed by atoms with Gasteiger partial charge in [-0.05, 0) is 43.4 Å². The molecule has 1 aliphatic rings. The summed E-state index contributed by atoms with van der Waals surface area (Å²) >= 11 is 1.56. The molecule has 0 saturated carbocycles.